The Labute approximate surface area is 171 Å². The third-order valence-corrected chi connectivity index (χ3v) is 5.05. The maximum Gasteiger partial charge on any atom is 0.134 e. The standard InChI is InChI=1S/C20H21ClN2O.2ClH/c1-22-10-12-23(13-11-22)20(15-6-8-17(21)9-7-15)19-14-16-4-2-3-5-18(16)24-19;;/h2-9,14,20H,10-13H2,1H3;2*1H. The first-order valence-corrected chi connectivity index (χ1v) is 8.75. The maximum absolute atomic E-state index is 6.21. The average Bonchev–Trinajstić information content (AvgIpc) is 3.02. The van der Waals surface area contributed by atoms with Crippen LogP contribution in [-0.2, 0) is 0 Å². The first kappa shape index (κ1) is 21.1. The molecule has 6 heteroatoms. The molecule has 0 radical (unpaired) electrons. The largest absolute Gasteiger partial charge is 0.459 e. The summed E-state index contributed by atoms with van der Waals surface area (Å²) in [6.45, 7) is 4.20. The van der Waals surface area contributed by atoms with Crippen molar-refractivity contribution in [2.45, 2.75) is 6.04 Å². The average molecular weight is 414 g/mol. The fourth-order valence-corrected chi connectivity index (χ4v) is 3.54. The Morgan fingerprint density at radius 2 is 1.58 bits per heavy atom. The molecule has 4 rings (SSSR count). The van der Waals surface area contributed by atoms with E-state index >= 15 is 0 Å². The molecule has 0 bridgehead atoms. The molecule has 1 saturated heterocycles. The number of hydrogen-bond donors (Lipinski definition) is 0. The topological polar surface area (TPSA) is 19.6 Å². The second-order valence-electron chi connectivity index (χ2n) is 6.48. The second kappa shape index (κ2) is 9.12. The van der Waals surface area contributed by atoms with E-state index in [1.54, 1.807) is 0 Å². The molecule has 2 aromatic carbocycles. The van der Waals surface area contributed by atoms with Crippen LogP contribution in [0, 0.1) is 0 Å². The molecule has 3 aromatic rings. The fraction of sp³-hybridized carbons (Fsp3) is 0.300. The minimum atomic E-state index is 0. The van der Waals surface area contributed by atoms with Gasteiger partial charge in [0.05, 0.1) is 6.04 Å². The molecule has 0 spiro atoms. The summed E-state index contributed by atoms with van der Waals surface area (Å²) >= 11 is 6.09. The summed E-state index contributed by atoms with van der Waals surface area (Å²) in [5.74, 6) is 1.00. The van der Waals surface area contributed by atoms with Crippen LogP contribution in [0.2, 0.25) is 5.02 Å². The van der Waals surface area contributed by atoms with Crippen LogP contribution in [0.1, 0.15) is 17.4 Å². The molecule has 1 fully saturated rings. The molecule has 1 aromatic heterocycles. The monoisotopic (exact) mass is 412 g/mol. The minimum absolute atomic E-state index is 0. The molecule has 1 unspecified atom stereocenters. The van der Waals surface area contributed by atoms with Gasteiger partial charge >= 0.3 is 0 Å². The summed E-state index contributed by atoms with van der Waals surface area (Å²) in [5.41, 5.74) is 2.17. The number of fused-ring (bicyclic) bond motifs is 1. The predicted molar refractivity (Wildman–Crippen MR) is 113 cm³/mol. The van der Waals surface area contributed by atoms with Gasteiger partial charge in [-0.1, -0.05) is 41.9 Å². The van der Waals surface area contributed by atoms with Crippen molar-refractivity contribution in [3.05, 3.63) is 70.9 Å². The summed E-state index contributed by atoms with van der Waals surface area (Å²) in [4.78, 5) is 4.87. The Hall–Kier alpha value is -1.23. The summed E-state index contributed by atoms with van der Waals surface area (Å²) in [5, 5.41) is 1.92. The predicted octanol–water partition coefficient (Wildman–Crippen LogP) is 5.27. The Morgan fingerprint density at radius 1 is 0.923 bits per heavy atom. The Morgan fingerprint density at radius 3 is 2.23 bits per heavy atom. The van der Waals surface area contributed by atoms with Gasteiger partial charge in [0.2, 0.25) is 0 Å². The highest BCUT2D eigenvalue weighted by atomic mass is 35.5. The third-order valence-electron chi connectivity index (χ3n) is 4.80. The van der Waals surface area contributed by atoms with Crippen LogP contribution in [0.3, 0.4) is 0 Å². The van der Waals surface area contributed by atoms with Crippen molar-refractivity contribution in [2.24, 2.45) is 0 Å². The normalized spacial score (nSPS) is 16.7. The van der Waals surface area contributed by atoms with Crippen molar-refractivity contribution in [3.63, 3.8) is 0 Å². The van der Waals surface area contributed by atoms with E-state index in [2.05, 4.69) is 47.2 Å². The molecule has 0 amide bonds. The molecule has 1 atom stereocenters. The number of likely N-dealkylation sites (N-methyl/N-ethyl adjacent to an activating group) is 1. The molecule has 140 valence electrons. The summed E-state index contributed by atoms with van der Waals surface area (Å²) < 4.78 is 6.21. The number of nitrogens with zero attached hydrogens (tertiary/aromatic N) is 2. The van der Waals surface area contributed by atoms with Crippen molar-refractivity contribution in [1.29, 1.82) is 0 Å². The number of benzene rings is 2. The van der Waals surface area contributed by atoms with E-state index < -0.39 is 0 Å². The zero-order chi connectivity index (χ0) is 16.5. The van der Waals surface area contributed by atoms with Gasteiger partial charge in [-0.3, -0.25) is 4.90 Å². The molecular weight excluding hydrogens is 391 g/mol. The lowest BCUT2D eigenvalue weighted by molar-refractivity contribution is 0.118. The first-order chi connectivity index (χ1) is 11.7. The van der Waals surface area contributed by atoms with Crippen molar-refractivity contribution < 1.29 is 4.42 Å². The van der Waals surface area contributed by atoms with Crippen LogP contribution in [0.25, 0.3) is 11.0 Å². The van der Waals surface area contributed by atoms with E-state index in [0.717, 1.165) is 47.9 Å². The quantitative estimate of drug-likeness (QED) is 0.583. The number of hydrogen-bond acceptors (Lipinski definition) is 3. The lowest BCUT2D eigenvalue weighted by Crippen LogP contribution is -2.46. The molecule has 0 N–H and O–H groups in total. The van der Waals surface area contributed by atoms with Gasteiger partial charge in [0.1, 0.15) is 11.3 Å². The molecule has 1 aliphatic rings. The van der Waals surface area contributed by atoms with Gasteiger partial charge in [0.25, 0.3) is 0 Å². The Bertz CT molecular complexity index is 793. The van der Waals surface area contributed by atoms with Crippen molar-refractivity contribution in [2.75, 3.05) is 33.2 Å². The Balaban J connectivity index is 0.00000121. The zero-order valence-electron chi connectivity index (χ0n) is 14.6. The van der Waals surface area contributed by atoms with Gasteiger partial charge in [-0.05, 0) is 36.9 Å². The molecule has 1 aliphatic heterocycles. The van der Waals surface area contributed by atoms with E-state index in [1.807, 2.05) is 24.3 Å². The van der Waals surface area contributed by atoms with Crippen LogP contribution in [0.5, 0.6) is 0 Å². The highest BCUT2D eigenvalue weighted by Gasteiger charge is 2.28. The molecule has 3 nitrogen and oxygen atoms in total. The zero-order valence-corrected chi connectivity index (χ0v) is 17.0. The SMILES string of the molecule is CN1CCN(C(c2ccc(Cl)cc2)c2cc3ccccc3o2)CC1.Cl.Cl. The molecule has 26 heavy (non-hydrogen) atoms. The second-order valence-corrected chi connectivity index (χ2v) is 6.92. The van der Waals surface area contributed by atoms with E-state index in [1.165, 1.54) is 5.56 Å². The first-order valence-electron chi connectivity index (χ1n) is 8.37. The highest BCUT2D eigenvalue weighted by Crippen LogP contribution is 2.33. The maximum atomic E-state index is 6.21. The number of furan rings is 1. The van der Waals surface area contributed by atoms with Crippen LogP contribution in [0.15, 0.2) is 59.0 Å². The molecule has 0 saturated carbocycles. The molecular formula is C20H23Cl3N2O. The van der Waals surface area contributed by atoms with Gasteiger partial charge in [-0.25, -0.2) is 0 Å². The van der Waals surface area contributed by atoms with Crippen LogP contribution in [0.4, 0.5) is 0 Å². The van der Waals surface area contributed by atoms with E-state index in [0.29, 0.717) is 0 Å². The van der Waals surface area contributed by atoms with E-state index in [9.17, 15) is 0 Å². The highest BCUT2D eigenvalue weighted by molar-refractivity contribution is 6.30. The van der Waals surface area contributed by atoms with Crippen LogP contribution >= 0.6 is 36.4 Å². The summed E-state index contributed by atoms with van der Waals surface area (Å²) in [6.07, 6.45) is 0. The molecule has 2 heterocycles. The molecule has 0 aliphatic carbocycles. The van der Waals surface area contributed by atoms with Crippen LogP contribution < -0.4 is 0 Å². The van der Waals surface area contributed by atoms with Crippen molar-refractivity contribution in [3.8, 4) is 0 Å². The number of halogens is 3. The smallest absolute Gasteiger partial charge is 0.134 e. The van der Waals surface area contributed by atoms with Crippen molar-refractivity contribution in [1.82, 2.24) is 9.80 Å². The van der Waals surface area contributed by atoms with E-state index in [-0.39, 0.29) is 30.9 Å². The van der Waals surface area contributed by atoms with Gasteiger partial charge < -0.3 is 9.32 Å². The minimum Gasteiger partial charge on any atom is -0.459 e. The number of para-hydroxylation sites is 1. The van der Waals surface area contributed by atoms with Gasteiger partial charge in [-0.15, -0.1) is 24.8 Å². The number of rotatable bonds is 3. The summed E-state index contributed by atoms with van der Waals surface area (Å²) in [7, 11) is 2.18. The summed E-state index contributed by atoms with van der Waals surface area (Å²) in [6, 6.07) is 18.6. The lowest BCUT2D eigenvalue weighted by Gasteiger charge is -2.37. The van der Waals surface area contributed by atoms with Gasteiger partial charge in [-0.2, -0.15) is 0 Å². The lowest BCUT2D eigenvalue weighted by atomic mass is 10.0. The fourth-order valence-electron chi connectivity index (χ4n) is 3.42. The van der Waals surface area contributed by atoms with Gasteiger partial charge in [0.15, 0.2) is 0 Å². The van der Waals surface area contributed by atoms with E-state index in [4.69, 9.17) is 16.0 Å². The third kappa shape index (κ3) is 4.36. The number of piperazine rings is 1. The van der Waals surface area contributed by atoms with Crippen molar-refractivity contribution >= 4 is 47.4 Å². The van der Waals surface area contributed by atoms with Gasteiger partial charge in [0, 0.05) is 36.6 Å². The van der Waals surface area contributed by atoms with Crippen LogP contribution in [-0.4, -0.2) is 43.0 Å². The Kier molecular flexibility index (Phi) is 7.39.